The third kappa shape index (κ3) is 8.03. The number of nitrogens with one attached hydrogen (secondary N) is 1. The number of aromatic nitrogens is 1. The third-order valence-electron chi connectivity index (χ3n) is 5.58. The van der Waals surface area contributed by atoms with Gasteiger partial charge in [0.05, 0.1) is 9.92 Å². The summed E-state index contributed by atoms with van der Waals surface area (Å²) in [5.74, 6) is -1.36. The Morgan fingerprint density at radius 2 is 1.74 bits per heavy atom. The lowest BCUT2D eigenvalue weighted by atomic mass is 10.0. The van der Waals surface area contributed by atoms with Crippen molar-refractivity contribution in [2.24, 2.45) is 0 Å². The molecule has 1 unspecified atom stereocenters. The molecular weight excluding hydrogens is 571 g/mol. The van der Waals surface area contributed by atoms with Crippen molar-refractivity contribution in [3.05, 3.63) is 87.5 Å². The van der Waals surface area contributed by atoms with Crippen LogP contribution in [-0.2, 0) is 14.6 Å². The summed E-state index contributed by atoms with van der Waals surface area (Å²) in [6.45, 7) is 6.04. The summed E-state index contributed by atoms with van der Waals surface area (Å²) in [5, 5.41) is 1.27. The molecule has 0 bridgehead atoms. The Morgan fingerprint density at radius 3 is 2.38 bits per heavy atom. The van der Waals surface area contributed by atoms with Crippen LogP contribution >= 0.6 is 23.2 Å². The molecule has 210 valence electrons. The molecule has 0 fully saturated rings. The maximum atomic E-state index is 15.0. The Balaban J connectivity index is 1.94. The van der Waals surface area contributed by atoms with E-state index in [-0.39, 0.29) is 15.5 Å². The predicted molar refractivity (Wildman–Crippen MR) is 148 cm³/mol. The van der Waals surface area contributed by atoms with Gasteiger partial charge in [-0.05, 0) is 81.3 Å². The number of hydrogen-bond acceptors (Lipinski definition) is 6. The summed E-state index contributed by atoms with van der Waals surface area (Å²) < 4.78 is 62.1. The Morgan fingerprint density at radius 1 is 1.08 bits per heavy atom. The Labute approximate surface area is 237 Å². The van der Waals surface area contributed by atoms with Gasteiger partial charge in [0.25, 0.3) is 0 Å². The largest absolute Gasteiger partial charge is 0.444 e. The van der Waals surface area contributed by atoms with Gasteiger partial charge in [0.2, 0.25) is 0 Å². The van der Waals surface area contributed by atoms with Crippen molar-refractivity contribution in [2.45, 2.75) is 42.9 Å². The first-order valence-corrected chi connectivity index (χ1v) is 14.3. The van der Waals surface area contributed by atoms with Crippen LogP contribution in [0.3, 0.4) is 0 Å². The molecule has 7 nitrogen and oxygen atoms in total. The van der Waals surface area contributed by atoms with E-state index < -0.39 is 44.0 Å². The van der Waals surface area contributed by atoms with Crippen molar-refractivity contribution in [3.8, 4) is 0 Å². The maximum absolute atomic E-state index is 15.0. The number of amides is 1. The molecule has 0 spiro atoms. The molecule has 0 aliphatic rings. The van der Waals surface area contributed by atoms with E-state index in [4.69, 9.17) is 27.9 Å². The number of anilines is 1. The zero-order chi connectivity index (χ0) is 29.0. The van der Waals surface area contributed by atoms with E-state index >= 15 is 4.39 Å². The van der Waals surface area contributed by atoms with E-state index in [0.717, 1.165) is 18.2 Å². The predicted octanol–water partition coefficient (Wildman–Crippen LogP) is 6.58. The summed E-state index contributed by atoms with van der Waals surface area (Å²) in [5.41, 5.74) is -0.984. The standard InChI is InChI=1S/C27H29Cl2F2N3O4S/c1-27(2,3)38-26(35)32-12-5-13-34(4)24-15-20(22(29)16-33-24)25(21-14-18(30)8-11-23(21)31)39(36,37)19-9-6-17(28)7-10-19/h6-11,14-16,25H,5,12-13H2,1-4H3,(H,32,35). The second kappa shape index (κ2) is 12.5. The summed E-state index contributed by atoms with van der Waals surface area (Å²) in [4.78, 5) is 17.7. The van der Waals surface area contributed by atoms with Crippen molar-refractivity contribution >= 4 is 45.0 Å². The van der Waals surface area contributed by atoms with Gasteiger partial charge in [-0.25, -0.2) is 27.0 Å². The van der Waals surface area contributed by atoms with Crippen LogP contribution in [0.2, 0.25) is 10.0 Å². The number of halogens is 4. The molecule has 0 saturated carbocycles. The van der Waals surface area contributed by atoms with Gasteiger partial charge in [0.1, 0.15) is 28.3 Å². The monoisotopic (exact) mass is 599 g/mol. The average molecular weight is 601 g/mol. The molecule has 3 rings (SSSR count). The van der Waals surface area contributed by atoms with Gasteiger partial charge in [-0.15, -0.1) is 0 Å². The molecular formula is C27H29Cl2F2N3O4S. The fourth-order valence-electron chi connectivity index (χ4n) is 3.77. The van der Waals surface area contributed by atoms with Crippen molar-refractivity contribution < 1.29 is 26.7 Å². The minimum Gasteiger partial charge on any atom is -0.444 e. The lowest BCUT2D eigenvalue weighted by Crippen LogP contribution is -2.34. The van der Waals surface area contributed by atoms with Crippen molar-refractivity contribution in [1.29, 1.82) is 0 Å². The zero-order valence-electron chi connectivity index (χ0n) is 21.8. The minimum atomic E-state index is -4.33. The number of hydrogen-bond donors (Lipinski definition) is 1. The first-order chi connectivity index (χ1) is 18.2. The molecule has 12 heteroatoms. The molecule has 0 radical (unpaired) electrons. The van der Waals surface area contributed by atoms with Crippen LogP contribution in [0.25, 0.3) is 0 Å². The van der Waals surface area contributed by atoms with Gasteiger partial charge < -0.3 is 15.0 Å². The maximum Gasteiger partial charge on any atom is 0.407 e. The molecule has 2 aromatic carbocycles. The Kier molecular flexibility index (Phi) is 9.79. The highest BCUT2D eigenvalue weighted by Crippen LogP contribution is 2.40. The number of ether oxygens (including phenoxy) is 1. The molecule has 39 heavy (non-hydrogen) atoms. The molecule has 1 atom stereocenters. The zero-order valence-corrected chi connectivity index (χ0v) is 24.2. The molecule has 0 aliphatic heterocycles. The van der Waals surface area contributed by atoms with Crippen LogP contribution in [0, 0.1) is 11.6 Å². The number of rotatable bonds is 9. The molecule has 0 aliphatic carbocycles. The number of sulfone groups is 1. The van der Waals surface area contributed by atoms with Crippen LogP contribution < -0.4 is 10.2 Å². The highest BCUT2D eigenvalue weighted by Gasteiger charge is 2.35. The van der Waals surface area contributed by atoms with Crippen LogP contribution in [0.4, 0.5) is 19.4 Å². The number of alkyl carbamates (subject to hydrolysis) is 1. The van der Waals surface area contributed by atoms with E-state index in [0.29, 0.717) is 30.4 Å². The molecule has 1 amide bonds. The molecule has 0 saturated heterocycles. The van der Waals surface area contributed by atoms with Crippen LogP contribution in [0.5, 0.6) is 0 Å². The molecule has 1 heterocycles. The van der Waals surface area contributed by atoms with E-state index in [1.54, 1.807) is 32.7 Å². The summed E-state index contributed by atoms with van der Waals surface area (Å²) >= 11 is 12.4. The quantitative estimate of drug-likeness (QED) is 0.279. The Bertz CT molecular complexity index is 1430. The molecule has 3 aromatic rings. The number of pyridine rings is 1. The van der Waals surface area contributed by atoms with Gasteiger partial charge >= 0.3 is 6.09 Å². The molecule has 1 aromatic heterocycles. The van der Waals surface area contributed by atoms with Crippen molar-refractivity contribution in [3.63, 3.8) is 0 Å². The van der Waals surface area contributed by atoms with Gasteiger partial charge in [0, 0.05) is 36.9 Å². The van der Waals surface area contributed by atoms with E-state index in [9.17, 15) is 17.6 Å². The smallest absolute Gasteiger partial charge is 0.407 e. The van der Waals surface area contributed by atoms with Crippen LogP contribution in [0.1, 0.15) is 43.6 Å². The second-order valence-corrected chi connectivity index (χ2v) is 12.7. The van der Waals surface area contributed by atoms with E-state index in [2.05, 4.69) is 10.3 Å². The topological polar surface area (TPSA) is 88.6 Å². The van der Waals surface area contributed by atoms with Gasteiger partial charge in [-0.1, -0.05) is 23.2 Å². The normalized spacial score (nSPS) is 12.6. The number of carbonyl (C=O) groups is 1. The second-order valence-electron chi connectivity index (χ2n) is 9.81. The van der Waals surface area contributed by atoms with Crippen LogP contribution in [-0.4, -0.2) is 45.2 Å². The fraction of sp³-hybridized carbons (Fsp3) is 0.333. The summed E-state index contributed by atoms with van der Waals surface area (Å²) in [7, 11) is -2.61. The first-order valence-electron chi connectivity index (χ1n) is 12.0. The van der Waals surface area contributed by atoms with E-state index in [1.165, 1.54) is 36.5 Å². The number of benzene rings is 2. The highest BCUT2D eigenvalue weighted by molar-refractivity contribution is 7.92. The van der Waals surface area contributed by atoms with E-state index in [1.807, 2.05) is 0 Å². The minimum absolute atomic E-state index is 0.0276. The highest BCUT2D eigenvalue weighted by atomic mass is 35.5. The van der Waals surface area contributed by atoms with Gasteiger partial charge in [0.15, 0.2) is 9.84 Å². The first kappa shape index (κ1) is 30.6. The SMILES string of the molecule is CN(CCCNC(=O)OC(C)(C)C)c1cc(C(c2cc(F)ccc2F)S(=O)(=O)c2ccc(Cl)cc2)c(Cl)cn1. The summed E-state index contributed by atoms with van der Waals surface area (Å²) in [6.07, 6.45) is 1.24. The summed E-state index contributed by atoms with van der Waals surface area (Å²) in [6, 6.07) is 9.43. The third-order valence-corrected chi connectivity index (χ3v) is 8.20. The number of nitrogens with zero attached hydrogens (tertiary/aromatic N) is 2. The van der Waals surface area contributed by atoms with Crippen molar-refractivity contribution in [2.75, 3.05) is 25.0 Å². The Hall–Kier alpha value is -2.95. The van der Waals surface area contributed by atoms with Crippen LogP contribution in [0.15, 0.2) is 59.6 Å². The fourth-order valence-corrected chi connectivity index (χ4v) is 6.00. The number of carbonyl (C=O) groups excluding carboxylic acids is 1. The average Bonchev–Trinajstić information content (AvgIpc) is 2.84. The van der Waals surface area contributed by atoms with Gasteiger partial charge in [-0.2, -0.15) is 0 Å². The van der Waals surface area contributed by atoms with Crippen molar-refractivity contribution in [1.82, 2.24) is 10.3 Å². The van der Waals surface area contributed by atoms with Gasteiger partial charge in [-0.3, -0.25) is 0 Å². The molecule has 1 N–H and O–H groups in total. The lowest BCUT2D eigenvalue weighted by Gasteiger charge is -2.24. The lowest BCUT2D eigenvalue weighted by molar-refractivity contribution is 0.0527.